The molecule has 1 aliphatic heterocycles. The van der Waals surface area contributed by atoms with Crippen LogP contribution in [0, 0.1) is 0 Å². The average molecular weight is 421 g/mol. The highest BCUT2D eigenvalue weighted by molar-refractivity contribution is 7.14. The second-order valence-electron chi connectivity index (χ2n) is 6.86. The van der Waals surface area contributed by atoms with Gasteiger partial charge in [0.15, 0.2) is 5.13 Å². The van der Waals surface area contributed by atoms with Crippen molar-refractivity contribution in [3.8, 4) is 11.3 Å². The third-order valence-electron chi connectivity index (χ3n) is 4.92. The van der Waals surface area contributed by atoms with E-state index in [0.29, 0.717) is 22.9 Å². The maximum Gasteiger partial charge on any atom is 0.261 e. The van der Waals surface area contributed by atoms with E-state index >= 15 is 0 Å². The Bertz CT molecular complexity index is 1140. The number of thiazole rings is 1. The van der Waals surface area contributed by atoms with E-state index in [-0.39, 0.29) is 17.4 Å². The van der Waals surface area contributed by atoms with E-state index in [9.17, 15) is 14.4 Å². The first-order chi connectivity index (χ1) is 14.5. The van der Waals surface area contributed by atoms with E-state index in [2.05, 4.69) is 10.3 Å². The molecule has 0 fully saturated rings. The van der Waals surface area contributed by atoms with Crippen LogP contribution in [0.25, 0.3) is 11.3 Å². The number of anilines is 1. The van der Waals surface area contributed by atoms with Gasteiger partial charge >= 0.3 is 0 Å². The van der Waals surface area contributed by atoms with Gasteiger partial charge in [-0.2, -0.15) is 0 Å². The average Bonchev–Trinajstić information content (AvgIpc) is 3.31. The molecule has 4 rings (SSSR count). The Hall–Kier alpha value is -3.36. The maximum atomic E-state index is 12.6. The molecule has 8 heteroatoms. The number of hydrogen-bond acceptors (Lipinski definition) is 6. The first kappa shape index (κ1) is 19.9. The van der Waals surface area contributed by atoms with Crippen LogP contribution < -0.4 is 5.32 Å². The number of imide groups is 1. The van der Waals surface area contributed by atoms with E-state index in [1.165, 1.54) is 42.1 Å². The van der Waals surface area contributed by atoms with Gasteiger partial charge in [0, 0.05) is 30.7 Å². The van der Waals surface area contributed by atoms with Gasteiger partial charge < -0.3 is 4.74 Å². The predicted octanol–water partition coefficient (Wildman–Crippen LogP) is 3.48. The molecular weight excluding hydrogens is 402 g/mol. The molecule has 0 atom stereocenters. The lowest BCUT2D eigenvalue weighted by molar-refractivity contribution is 0.0693. The number of carbonyl (C=O) groups excluding carboxylic acids is 3. The molecule has 1 aromatic heterocycles. The molecule has 0 aliphatic carbocycles. The number of ether oxygens (including phenoxy) is 1. The summed E-state index contributed by atoms with van der Waals surface area (Å²) in [6.07, 6.45) is 0.847. The van der Waals surface area contributed by atoms with Gasteiger partial charge in [-0.25, -0.2) is 4.98 Å². The van der Waals surface area contributed by atoms with Crippen molar-refractivity contribution >= 4 is 34.2 Å². The van der Waals surface area contributed by atoms with Gasteiger partial charge in [-0.15, -0.1) is 11.3 Å². The van der Waals surface area contributed by atoms with E-state index in [1.807, 2.05) is 29.6 Å². The van der Waals surface area contributed by atoms with Crippen LogP contribution >= 0.6 is 11.3 Å². The summed E-state index contributed by atoms with van der Waals surface area (Å²) in [5, 5.41) is 5.09. The Morgan fingerprint density at radius 3 is 2.57 bits per heavy atom. The van der Waals surface area contributed by atoms with Gasteiger partial charge in [0.2, 0.25) is 0 Å². The normalized spacial score (nSPS) is 12.9. The predicted molar refractivity (Wildman–Crippen MR) is 114 cm³/mol. The van der Waals surface area contributed by atoms with Crippen LogP contribution in [0.5, 0.6) is 0 Å². The number of benzene rings is 2. The molecule has 0 saturated carbocycles. The van der Waals surface area contributed by atoms with Gasteiger partial charge in [0.1, 0.15) is 0 Å². The van der Waals surface area contributed by atoms with E-state index in [1.54, 1.807) is 7.11 Å². The summed E-state index contributed by atoms with van der Waals surface area (Å²) >= 11 is 1.32. The monoisotopic (exact) mass is 421 g/mol. The fourth-order valence-corrected chi connectivity index (χ4v) is 3.91. The molecule has 0 unspecified atom stereocenters. The highest BCUT2D eigenvalue weighted by Gasteiger charge is 2.33. The van der Waals surface area contributed by atoms with E-state index in [4.69, 9.17) is 4.74 Å². The molecule has 2 heterocycles. The summed E-state index contributed by atoms with van der Waals surface area (Å²) < 4.78 is 5.09. The Labute approximate surface area is 177 Å². The van der Waals surface area contributed by atoms with Crippen LogP contribution in [-0.2, 0) is 11.2 Å². The molecule has 0 radical (unpaired) electrons. The standard InChI is InChI=1S/C22H19N3O4S/c1-25-20(27)16-8-7-15(11-17(16)21(25)28)19(26)24-22-23-18(12-30-22)14-5-3-13(4-6-14)9-10-29-2/h3-8,11-12H,9-10H2,1-2H3,(H,23,24,26). The van der Waals surface area contributed by atoms with Crippen molar-refractivity contribution in [1.82, 2.24) is 9.88 Å². The first-order valence-electron chi connectivity index (χ1n) is 9.29. The summed E-state index contributed by atoms with van der Waals surface area (Å²) in [5.74, 6) is -1.15. The number of nitrogens with one attached hydrogen (secondary N) is 1. The van der Waals surface area contributed by atoms with E-state index < -0.39 is 5.91 Å². The van der Waals surface area contributed by atoms with Crippen LogP contribution in [0.2, 0.25) is 0 Å². The van der Waals surface area contributed by atoms with Crippen LogP contribution in [-0.4, -0.2) is 48.4 Å². The Morgan fingerprint density at radius 2 is 1.83 bits per heavy atom. The molecule has 0 saturated heterocycles. The number of hydrogen-bond donors (Lipinski definition) is 1. The van der Waals surface area contributed by atoms with Crippen molar-refractivity contribution < 1.29 is 19.1 Å². The lowest BCUT2D eigenvalue weighted by atomic mass is 10.1. The number of nitrogens with zero attached hydrogens (tertiary/aromatic N) is 2. The first-order valence-corrected chi connectivity index (χ1v) is 10.2. The zero-order chi connectivity index (χ0) is 21.3. The fraction of sp³-hybridized carbons (Fsp3) is 0.182. The molecule has 30 heavy (non-hydrogen) atoms. The van der Waals surface area contributed by atoms with Gasteiger partial charge in [-0.3, -0.25) is 24.6 Å². The minimum atomic E-state index is -0.407. The van der Waals surface area contributed by atoms with E-state index in [0.717, 1.165) is 22.6 Å². The Balaban J connectivity index is 1.47. The minimum absolute atomic E-state index is 0.239. The van der Waals surface area contributed by atoms with Crippen LogP contribution in [0.15, 0.2) is 47.8 Å². The van der Waals surface area contributed by atoms with Crippen molar-refractivity contribution in [2.75, 3.05) is 26.1 Å². The fourth-order valence-electron chi connectivity index (χ4n) is 3.20. The number of carbonyl (C=O) groups is 3. The molecule has 2 aromatic carbocycles. The number of methoxy groups -OCH3 is 1. The molecule has 0 bridgehead atoms. The molecule has 1 aliphatic rings. The Kier molecular flexibility index (Phi) is 5.43. The largest absolute Gasteiger partial charge is 0.384 e. The summed E-state index contributed by atoms with van der Waals surface area (Å²) in [6.45, 7) is 0.672. The van der Waals surface area contributed by atoms with Crippen LogP contribution in [0.1, 0.15) is 36.6 Å². The summed E-state index contributed by atoms with van der Waals surface area (Å²) in [4.78, 5) is 42.3. The molecule has 152 valence electrons. The molecule has 3 aromatic rings. The highest BCUT2D eigenvalue weighted by atomic mass is 32.1. The molecule has 3 amide bonds. The van der Waals surface area contributed by atoms with Crippen LogP contribution in [0.3, 0.4) is 0 Å². The van der Waals surface area contributed by atoms with Crippen molar-refractivity contribution in [3.63, 3.8) is 0 Å². The second kappa shape index (κ2) is 8.17. The van der Waals surface area contributed by atoms with Gasteiger partial charge in [0.25, 0.3) is 17.7 Å². The SMILES string of the molecule is COCCc1ccc(-c2csc(NC(=O)c3ccc4c(c3)C(=O)N(C)C4=O)n2)cc1. The van der Waals surface area contributed by atoms with Gasteiger partial charge in [-0.1, -0.05) is 24.3 Å². The van der Waals surface area contributed by atoms with Crippen molar-refractivity contribution in [2.45, 2.75) is 6.42 Å². The van der Waals surface area contributed by atoms with Crippen molar-refractivity contribution in [1.29, 1.82) is 0 Å². The summed E-state index contributed by atoms with van der Waals surface area (Å²) in [7, 11) is 3.10. The molecule has 0 spiro atoms. The third-order valence-corrected chi connectivity index (χ3v) is 5.68. The third kappa shape index (κ3) is 3.74. The quantitative estimate of drug-likeness (QED) is 0.616. The van der Waals surface area contributed by atoms with Crippen molar-refractivity contribution in [3.05, 3.63) is 70.1 Å². The highest BCUT2D eigenvalue weighted by Crippen LogP contribution is 2.27. The van der Waals surface area contributed by atoms with Gasteiger partial charge in [0.05, 0.1) is 23.4 Å². The number of rotatable bonds is 6. The lowest BCUT2D eigenvalue weighted by Crippen LogP contribution is -2.24. The topological polar surface area (TPSA) is 88.6 Å². The van der Waals surface area contributed by atoms with Gasteiger partial charge in [-0.05, 0) is 30.2 Å². The number of amides is 3. The molecule has 1 N–H and O–H groups in total. The number of fused-ring (bicyclic) bond motifs is 1. The minimum Gasteiger partial charge on any atom is -0.384 e. The molecule has 7 nitrogen and oxygen atoms in total. The maximum absolute atomic E-state index is 12.6. The van der Waals surface area contributed by atoms with Crippen molar-refractivity contribution in [2.24, 2.45) is 0 Å². The number of aromatic nitrogens is 1. The zero-order valence-electron chi connectivity index (χ0n) is 16.5. The summed E-state index contributed by atoms with van der Waals surface area (Å²) in [5.41, 5.74) is 3.75. The van der Waals surface area contributed by atoms with Crippen LogP contribution in [0.4, 0.5) is 5.13 Å². The smallest absolute Gasteiger partial charge is 0.261 e. The summed E-state index contributed by atoms with van der Waals surface area (Å²) in [6, 6.07) is 12.5. The molecular formula is C22H19N3O4S. The second-order valence-corrected chi connectivity index (χ2v) is 7.72. The zero-order valence-corrected chi connectivity index (χ0v) is 17.3. The lowest BCUT2D eigenvalue weighted by Gasteiger charge is -2.04. The Morgan fingerprint density at radius 1 is 1.10 bits per heavy atom.